The molecule has 0 bridgehead atoms. The van der Waals surface area contributed by atoms with Gasteiger partial charge in [0.05, 0.1) is 7.11 Å². The zero-order valence-electron chi connectivity index (χ0n) is 8.09. The lowest BCUT2D eigenvalue weighted by molar-refractivity contribution is -0.141. The maximum Gasteiger partial charge on any atom is 0.305 e. The van der Waals surface area contributed by atoms with Crippen LogP contribution in [0.15, 0.2) is 0 Å². The molecule has 0 aromatic rings. The fourth-order valence-corrected chi connectivity index (χ4v) is 1.89. The van der Waals surface area contributed by atoms with Crippen LogP contribution in [-0.4, -0.2) is 19.3 Å². The van der Waals surface area contributed by atoms with Crippen molar-refractivity contribution in [2.45, 2.75) is 44.7 Å². The van der Waals surface area contributed by atoms with E-state index >= 15 is 0 Å². The molecule has 3 heteroatoms. The van der Waals surface area contributed by atoms with Gasteiger partial charge in [-0.3, -0.25) is 4.79 Å². The molecule has 0 radical (unpaired) electrons. The molecule has 1 fully saturated rings. The highest BCUT2D eigenvalue weighted by Crippen LogP contribution is 2.30. The van der Waals surface area contributed by atoms with Crippen LogP contribution in [-0.2, 0) is 9.53 Å². The molecule has 0 saturated heterocycles. The number of methoxy groups -OCH3 is 1. The minimum atomic E-state index is -0.696. The number of rotatable bonds is 3. The van der Waals surface area contributed by atoms with Gasteiger partial charge in [-0.2, -0.15) is 0 Å². The zero-order valence-corrected chi connectivity index (χ0v) is 8.09. The molecule has 1 saturated carbocycles. The van der Waals surface area contributed by atoms with Gasteiger partial charge in [0.15, 0.2) is 0 Å². The molecular formula is C10H17FO2. The molecule has 0 heterocycles. The SMILES string of the molecule is COC(=O)CCC1CCCCC1F. The Morgan fingerprint density at radius 3 is 2.77 bits per heavy atom. The van der Waals surface area contributed by atoms with Crippen LogP contribution in [0.5, 0.6) is 0 Å². The van der Waals surface area contributed by atoms with Gasteiger partial charge >= 0.3 is 5.97 Å². The maximum absolute atomic E-state index is 13.3. The molecule has 0 spiro atoms. The first-order chi connectivity index (χ1) is 6.24. The second-order valence-electron chi connectivity index (χ2n) is 3.68. The van der Waals surface area contributed by atoms with Gasteiger partial charge in [-0.05, 0) is 25.2 Å². The first-order valence-corrected chi connectivity index (χ1v) is 4.95. The lowest BCUT2D eigenvalue weighted by atomic mass is 9.84. The summed E-state index contributed by atoms with van der Waals surface area (Å²) in [5.74, 6) is -0.134. The highest BCUT2D eigenvalue weighted by atomic mass is 19.1. The van der Waals surface area contributed by atoms with E-state index in [9.17, 15) is 9.18 Å². The van der Waals surface area contributed by atoms with Crippen molar-refractivity contribution in [1.29, 1.82) is 0 Å². The van der Waals surface area contributed by atoms with Crippen molar-refractivity contribution in [3.05, 3.63) is 0 Å². The van der Waals surface area contributed by atoms with E-state index in [0.29, 0.717) is 19.3 Å². The molecule has 2 atom stereocenters. The van der Waals surface area contributed by atoms with Crippen molar-refractivity contribution >= 4 is 5.97 Å². The smallest absolute Gasteiger partial charge is 0.305 e. The summed E-state index contributed by atoms with van der Waals surface area (Å²) in [5, 5.41) is 0. The van der Waals surface area contributed by atoms with E-state index in [1.54, 1.807) is 0 Å². The number of ether oxygens (including phenoxy) is 1. The molecule has 1 rings (SSSR count). The van der Waals surface area contributed by atoms with Gasteiger partial charge in [-0.15, -0.1) is 0 Å². The third-order valence-corrected chi connectivity index (χ3v) is 2.76. The number of carbonyl (C=O) groups is 1. The van der Waals surface area contributed by atoms with Gasteiger partial charge in [0.25, 0.3) is 0 Å². The minimum Gasteiger partial charge on any atom is -0.469 e. The van der Waals surface area contributed by atoms with Gasteiger partial charge < -0.3 is 4.74 Å². The van der Waals surface area contributed by atoms with Crippen molar-refractivity contribution in [2.24, 2.45) is 5.92 Å². The summed E-state index contributed by atoms with van der Waals surface area (Å²) in [7, 11) is 1.37. The third-order valence-electron chi connectivity index (χ3n) is 2.76. The van der Waals surface area contributed by atoms with Crippen LogP contribution < -0.4 is 0 Å². The maximum atomic E-state index is 13.3. The number of carbonyl (C=O) groups excluding carboxylic acids is 1. The summed E-state index contributed by atoms with van der Waals surface area (Å²) >= 11 is 0. The lowest BCUT2D eigenvalue weighted by Crippen LogP contribution is -2.21. The van der Waals surface area contributed by atoms with Crippen molar-refractivity contribution in [3.8, 4) is 0 Å². The molecule has 0 amide bonds. The first kappa shape index (κ1) is 10.5. The third kappa shape index (κ3) is 3.33. The van der Waals surface area contributed by atoms with E-state index < -0.39 is 6.17 Å². The van der Waals surface area contributed by atoms with Gasteiger partial charge in [-0.25, -0.2) is 4.39 Å². The van der Waals surface area contributed by atoms with Crippen molar-refractivity contribution in [3.63, 3.8) is 0 Å². The monoisotopic (exact) mass is 188 g/mol. The van der Waals surface area contributed by atoms with Gasteiger partial charge in [0.1, 0.15) is 6.17 Å². The molecule has 13 heavy (non-hydrogen) atoms. The van der Waals surface area contributed by atoms with Crippen LogP contribution in [0.25, 0.3) is 0 Å². The van der Waals surface area contributed by atoms with Crippen LogP contribution in [0.1, 0.15) is 38.5 Å². The van der Waals surface area contributed by atoms with Gasteiger partial charge in [0.2, 0.25) is 0 Å². The Kier molecular flexibility index (Phi) is 4.19. The number of halogens is 1. The van der Waals surface area contributed by atoms with E-state index in [1.807, 2.05) is 0 Å². The van der Waals surface area contributed by atoms with Crippen LogP contribution in [0, 0.1) is 5.92 Å². The predicted octanol–water partition coefficient (Wildman–Crippen LogP) is 2.47. The molecule has 2 unspecified atom stereocenters. The fourth-order valence-electron chi connectivity index (χ4n) is 1.89. The topological polar surface area (TPSA) is 26.3 Å². The van der Waals surface area contributed by atoms with Crippen LogP contribution in [0.3, 0.4) is 0 Å². The normalized spacial score (nSPS) is 28.5. The second kappa shape index (κ2) is 5.20. The Bertz CT molecular complexity index is 170. The highest BCUT2D eigenvalue weighted by Gasteiger charge is 2.24. The number of hydrogen-bond acceptors (Lipinski definition) is 2. The van der Waals surface area contributed by atoms with Crippen LogP contribution in [0.4, 0.5) is 4.39 Å². The second-order valence-corrected chi connectivity index (χ2v) is 3.68. The zero-order chi connectivity index (χ0) is 9.68. The molecule has 1 aliphatic carbocycles. The molecule has 1 aliphatic rings. The number of alkyl halides is 1. The summed E-state index contributed by atoms with van der Waals surface area (Å²) < 4.78 is 17.8. The Balaban J connectivity index is 2.22. The Morgan fingerprint density at radius 1 is 1.46 bits per heavy atom. The minimum absolute atomic E-state index is 0.0906. The molecular weight excluding hydrogens is 171 g/mol. The average Bonchev–Trinajstić information content (AvgIpc) is 2.16. The van der Waals surface area contributed by atoms with E-state index in [2.05, 4.69) is 4.74 Å². The highest BCUT2D eigenvalue weighted by molar-refractivity contribution is 5.69. The quantitative estimate of drug-likeness (QED) is 0.636. The van der Waals surface area contributed by atoms with Crippen LogP contribution in [0.2, 0.25) is 0 Å². The van der Waals surface area contributed by atoms with Gasteiger partial charge in [0, 0.05) is 6.42 Å². The number of esters is 1. The summed E-state index contributed by atoms with van der Waals surface area (Å²) in [6.45, 7) is 0. The van der Waals surface area contributed by atoms with Crippen molar-refractivity contribution in [2.75, 3.05) is 7.11 Å². The molecule has 0 aliphatic heterocycles. The van der Waals surface area contributed by atoms with Crippen molar-refractivity contribution < 1.29 is 13.9 Å². The molecule has 0 aromatic heterocycles. The Morgan fingerprint density at radius 2 is 2.15 bits per heavy atom. The van der Waals surface area contributed by atoms with E-state index in [-0.39, 0.29) is 11.9 Å². The standard InChI is InChI=1S/C10H17FO2/c1-13-10(12)7-6-8-4-2-3-5-9(8)11/h8-9H,2-7H2,1H3. The van der Waals surface area contributed by atoms with Gasteiger partial charge in [-0.1, -0.05) is 12.8 Å². The summed E-state index contributed by atoms with van der Waals surface area (Å²) in [5.41, 5.74) is 0. The summed E-state index contributed by atoms with van der Waals surface area (Å²) in [6.07, 6.45) is 4.01. The van der Waals surface area contributed by atoms with Crippen molar-refractivity contribution in [1.82, 2.24) is 0 Å². The Hall–Kier alpha value is -0.600. The summed E-state index contributed by atoms with van der Waals surface area (Å²) in [6, 6.07) is 0. The molecule has 0 N–H and O–H groups in total. The van der Waals surface area contributed by atoms with E-state index in [4.69, 9.17) is 0 Å². The largest absolute Gasteiger partial charge is 0.469 e. The average molecular weight is 188 g/mol. The number of hydrogen-bond donors (Lipinski definition) is 0. The predicted molar refractivity (Wildman–Crippen MR) is 48.1 cm³/mol. The molecule has 0 aromatic carbocycles. The molecule has 76 valence electrons. The fraction of sp³-hybridized carbons (Fsp3) is 0.900. The van der Waals surface area contributed by atoms with E-state index in [0.717, 1.165) is 19.3 Å². The summed E-state index contributed by atoms with van der Waals surface area (Å²) in [4.78, 5) is 10.8. The lowest BCUT2D eigenvalue weighted by Gasteiger charge is -2.25. The Labute approximate surface area is 78.5 Å². The first-order valence-electron chi connectivity index (χ1n) is 4.95. The van der Waals surface area contributed by atoms with E-state index in [1.165, 1.54) is 7.11 Å². The van der Waals surface area contributed by atoms with Crippen LogP contribution >= 0.6 is 0 Å². The molecule has 2 nitrogen and oxygen atoms in total.